The van der Waals surface area contributed by atoms with Gasteiger partial charge in [0.1, 0.15) is 4.88 Å². The Kier molecular flexibility index (Phi) is 4.63. The lowest BCUT2D eigenvalue weighted by Crippen LogP contribution is -2.27. The molecule has 0 saturated heterocycles. The summed E-state index contributed by atoms with van der Waals surface area (Å²) in [5.74, 6) is -0.186. The second-order valence-corrected chi connectivity index (χ2v) is 5.37. The molecule has 0 aliphatic carbocycles. The van der Waals surface area contributed by atoms with Crippen LogP contribution < -0.4 is 11.1 Å². The van der Waals surface area contributed by atoms with Crippen LogP contribution in [0.25, 0.3) is 10.1 Å². The van der Waals surface area contributed by atoms with E-state index in [1.165, 1.54) is 11.3 Å². The molecule has 0 atom stereocenters. The number of carbonyl (C=O) groups is 1. The fourth-order valence-electron chi connectivity index (χ4n) is 1.76. The summed E-state index contributed by atoms with van der Waals surface area (Å²) in [6.07, 6.45) is 0. The van der Waals surface area contributed by atoms with Gasteiger partial charge in [-0.25, -0.2) is 0 Å². The van der Waals surface area contributed by atoms with E-state index in [1.54, 1.807) is 6.07 Å². The Morgan fingerprint density at radius 2 is 2.32 bits per heavy atom. The van der Waals surface area contributed by atoms with Gasteiger partial charge >= 0.3 is 0 Å². The van der Waals surface area contributed by atoms with Crippen LogP contribution in [0.1, 0.15) is 16.6 Å². The van der Waals surface area contributed by atoms with Crippen LogP contribution in [0, 0.1) is 0 Å². The van der Waals surface area contributed by atoms with Gasteiger partial charge in [0.15, 0.2) is 0 Å². The summed E-state index contributed by atoms with van der Waals surface area (Å²) in [6, 6.07) is 5.51. The molecule has 1 heterocycles. The molecule has 0 spiro atoms. The number of amides is 1. The van der Waals surface area contributed by atoms with Crippen molar-refractivity contribution in [1.29, 1.82) is 0 Å². The van der Waals surface area contributed by atoms with Gasteiger partial charge < -0.3 is 15.8 Å². The van der Waals surface area contributed by atoms with Crippen LogP contribution in [0.2, 0.25) is 5.02 Å². The highest BCUT2D eigenvalue weighted by Gasteiger charge is 2.17. The highest BCUT2D eigenvalue weighted by Crippen LogP contribution is 2.37. The number of rotatable bonds is 5. The molecule has 2 rings (SSSR count). The summed E-state index contributed by atoms with van der Waals surface area (Å²) in [5, 5.41) is 4.10. The maximum absolute atomic E-state index is 12.0. The number of ether oxygens (including phenoxy) is 1. The van der Waals surface area contributed by atoms with Crippen molar-refractivity contribution in [2.24, 2.45) is 0 Å². The van der Waals surface area contributed by atoms with Crippen molar-refractivity contribution in [1.82, 2.24) is 5.32 Å². The summed E-state index contributed by atoms with van der Waals surface area (Å²) in [6.45, 7) is 3.51. The molecule has 0 fully saturated rings. The van der Waals surface area contributed by atoms with Crippen LogP contribution in [0.3, 0.4) is 0 Å². The van der Waals surface area contributed by atoms with Crippen LogP contribution in [0.4, 0.5) is 5.69 Å². The number of halogens is 1. The van der Waals surface area contributed by atoms with E-state index in [4.69, 9.17) is 22.1 Å². The number of hydrogen-bond donors (Lipinski definition) is 2. The molecule has 6 heteroatoms. The van der Waals surface area contributed by atoms with Crippen LogP contribution in [0.5, 0.6) is 0 Å². The van der Waals surface area contributed by atoms with Crippen molar-refractivity contribution in [3.05, 3.63) is 28.1 Å². The first-order valence-corrected chi connectivity index (χ1v) is 7.17. The number of benzene rings is 1. The molecular formula is C13H15ClN2O2S. The maximum Gasteiger partial charge on any atom is 0.263 e. The van der Waals surface area contributed by atoms with Crippen molar-refractivity contribution in [2.75, 3.05) is 25.5 Å². The molecule has 0 radical (unpaired) electrons. The average Bonchev–Trinajstić information content (AvgIpc) is 2.73. The zero-order valence-electron chi connectivity index (χ0n) is 10.5. The van der Waals surface area contributed by atoms with Crippen LogP contribution in [-0.4, -0.2) is 25.7 Å². The smallest absolute Gasteiger partial charge is 0.263 e. The van der Waals surface area contributed by atoms with Gasteiger partial charge in [-0.05, 0) is 19.1 Å². The van der Waals surface area contributed by atoms with E-state index >= 15 is 0 Å². The number of nitrogens with two attached hydrogens (primary N) is 1. The van der Waals surface area contributed by atoms with Crippen molar-refractivity contribution in [3.8, 4) is 0 Å². The van der Waals surface area contributed by atoms with Crippen molar-refractivity contribution in [2.45, 2.75) is 6.92 Å². The van der Waals surface area contributed by atoms with E-state index in [1.807, 2.05) is 19.1 Å². The monoisotopic (exact) mass is 298 g/mol. The predicted octanol–water partition coefficient (Wildman–Crippen LogP) is 2.90. The molecule has 0 aliphatic rings. The highest BCUT2D eigenvalue weighted by atomic mass is 35.5. The highest BCUT2D eigenvalue weighted by molar-refractivity contribution is 7.21. The van der Waals surface area contributed by atoms with Gasteiger partial charge in [0.25, 0.3) is 5.91 Å². The Labute approximate surface area is 120 Å². The third kappa shape index (κ3) is 3.00. The Hall–Kier alpha value is -1.30. The number of thiophene rings is 1. The first-order valence-electron chi connectivity index (χ1n) is 5.97. The molecule has 1 aromatic carbocycles. The maximum atomic E-state index is 12.0. The molecule has 0 aliphatic heterocycles. The largest absolute Gasteiger partial charge is 0.397 e. The molecule has 0 saturated carbocycles. The molecule has 4 nitrogen and oxygen atoms in total. The molecule has 3 N–H and O–H groups in total. The third-order valence-electron chi connectivity index (χ3n) is 2.64. The molecule has 0 bridgehead atoms. The topological polar surface area (TPSA) is 64.3 Å². The van der Waals surface area contributed by atoms with E-state index in [0.717, 1.165) is 10.1 Å². The lowest BCUT2D eigenvalue weighted by Gasteiger charge is -2.04. The zero-order valence-corrected chi connectivity index (χ0v) is 12.1. The Morgan fingerprint density at radius 3 is 3.00 bits per heavy atom. The van der Waals surface area contributed by atoms with Crippen LogP contribution >= 0.6 is 22.9 Å². The van der Waals surface area contributed by atoms with Gasteiger partial charge in [-0.1, -0.05) is 17.7 Å². The summed E-state index contributed by atoms with van der Waals surface area (Å²) >= 11 is 7.45. The fourth-order valence-corrected chi connectivity index (χ4v) is 3.16. The van der Waals surface area contributed by atoms with Gasteiger partial charge in [0.05, 0.1) is 17.3 Å². The van der Waals surface area contributed by atoms with Gasteiger partial charge in [0.2, 0.25) is 0 Å². The standard InChI is InChI=1S/C13H15ClN2O2S/c1-2-18-7-6-16-13(17)12-11(15)10-8(14)4-3-5-9(10)19-12/h3-5H,2,6-7,15H2,1H3,(H,16,17). The summed E-state index contributed by atoms with van der Waals surface area (Å²) in [7, 11) is 0. The number of anilines is 1. The Balaban J connectivity index is 2.18. The predicted molar refractivity (Wildman–Crippen MR) is 80.1 cm³/mol. The molecule has 1 aromatic heterocycles. The number of nitrogens with one attached hydrogen (secondary N) is 1. The SMILES string of the molecule is CCOCCNC(=O)c1sc2cccc(Cl)c2c1N. The number of carbonyl (C=O) groups excluding carboxylic acids is 1. The van der Waals surface area contributed by atoms with E-state index in [2.05, 4.69) is 5.32 Å². The molecule has 0 unspecified atom stereocenters. The van der Waals surface area contributed by atoms with Crippen molar-refractivity contribution < 1.29 is 9.53 Å². The van der Waals surface area contributed by atoms with Gasteiger partial charge in [0, 0.05) is 23.2 Å². The zero-order chi connectivity index (χ0) is 13.8. The number of hydrogen-bond acceptors (Lipinski definition) is 4. The molecule has 102 valence electrons. The number of fused-ring (bicyclic) bond motifs is 1. The first kappa shape index (κ1) is 14.1. The average molecular weight is 299 g/mol. The van der Waals surface area contributed by atoms with Crippen molar-refractivity contribution >= 4 is 44.6 Å². The fraction of sp³-hybridized carbons (Fsp3) is 0.308. The second-order valence-electron chi connectivity index (χ2n) is 3.91. The van der Waals surface area contributed by atoms with Gasteiger partial charge in [-0.2, -0.15) is 0 Å². The third-order valence-corrected chi connectivity index (χ3v) is 4.13. The van der Waals surface area contributed by atoms with E-state index in [-0.39, 0.29) is 5.91 Å². The summed E-state index contributed by atoms with van der Waals surface area (Å²) in [5.41, 5.74) is 6.45. The minimum atomic E-state index is -0.186. The minimum absolute atomic E-state index is 0.186. The summed E-state index contributed by atoms with van der Waals surface area (Å²) in [4.78, 5) is 12.5. The number of nitrogen functional groups attached to an aromatic ring is 1. The molecular weight excluding hydrogens is 284 g/mol. The lowest BCUT2D eigenvalue weighted by molar-refractivity contribution is 0.0927. The molecule has 1 amide bonds. The van der Waals surface area contributed by atoms with Crippen molar-refractivity contribution in [3.63, 3.8) is 0 Å². The van der Waals surface area contributed by atoms with E-state index < -0.39 is 0 Å². The Morgan fingerprint density at radius 1 is 1.53 bits per heavy atom. The van der Waals surface area contributed by atoms with E-state index in [9.17, 15) is 4.79 Å². The van der Waals surface area contributed by atoms with E-state index in [0.29, 0.717) is 35.3 Å². The normalized spacial score (nSPS) is 10.8. The lowest BCUT2D eigenvalue weighted by atomic mass is 10.2. The second kappa shape index (κ2) is 6.23. The summed E-state index contributed by atoms with van der Waals surface area (Å²) < 4.78 is 6.08. The van der Waals surface area contributed by atoms with Gasteiger partial charge in [-0.15, -0.1) is 11.3 Å². The minimum Gasteiger partial charge on any atom is -0.397 e. The molecule has 19 heavy (non-hydrogen) atoms. The first-order chi connectivity index (χ1) is 9.15. The van der Waals surface area contributed by atoms with Crippen LogP contribution in [0.15, 0.2) is 18.2 Å². The Bertz CT molecular complexity index is 598. The van der Waals surface area contributed by atoms with Crippen LogP contribution in [-0.2, 0) is 4.74 Å². The van der Waals surface area contributed by atoms with Gasteiger partial charge in [-0.3, -0.25) is 4.79 Å². The quantitative estimate of drug-likeness (QED) is 0.834. The molecule has 2 aromatic rings.